The van der Waals surface area contributed by atoms with Crippen molar-refractivity contribution < 1.29 is 19.5 Å². The Bertz CT molecular complexity index is 572. The number of nitrogens with zero attached hydrogens (tertiary/aromatic N) is 3. The molecule has 0 atom stereocenters. The van der Waals surface area contributed by atoms with E-state index in [4.69, 9.17) is 5.26 Å². The zero-order chi connectivity index (χ0) is 10.7. The van der Waals surface area contributed by atoms with Crippen LogP contribution in [-0.4, -0.2) is 9.55 Å². The third kappa shape index (κ3) is 2.23. The van der Waals surface area contributed by atoms with E-state index in [1.807, 2.05) is 18.2 Å². The summed E-state index contributed by atoms with van der Waals surface area (Å²) in [5.41, 5.74) is 0.112. The van der Waals surface area contributed by atoms with Crippen LogP contribution in [0.2, 0.25) is 0 Å². The smallest absolute Gasteiger partial charge is 0.206 e. The van der Waals surface area contributed by atoms with E-state index in [-0.39, 0.29) is 25.2 Å². The maximum atomic E-state index is 11.7. The van der Waals surface area contributed by atoms with Gasteiger partial charge in [-0.15, -0.1) is 6.20 Å². The van der Waals surface area contributed by atoms with Crippen molar-refractivity contribution in [1.29, 1.82) is 5.26 Å². The number of aromatic nitrogens is 2. The fourth-order valence-corrected chi connectivity index (χ4v) is 1.22. The van der Waals surface area contributed by atoms with Gasteiger partial charge < -0.3 is 9.55 Å². The molecule has 5 heteroatoms. The maximum absolute atomic E-state index is 11.7. The van der Waals surface area contributed by atoms with Crippen LogP contribution in [0.1, 0.15) is 5.69 Å². The normalized spacial score (nSPS) is 8.94. The summed E-state index contributed by atoms with van der Waals surface area (Å²) in [4.78, 5) is 15.2. The van der Waals surface area contributed by atoms with Crippen LogP contribution in [0.5, 0.6) is 0 Å². The van der Waals surface area contributed by atoms with Gasteiger partial charge >= 0.3 is 0 Å². The molecule has 0 bridgehead atoms. The molecule has 2 aromatic rings. The number of hydrogen-bond donors (Lipinski definition) is 0. The van der Waals surface area contributed by atoms with E-state index in [1.165, 1.54) is 10.8 Å². The fraction of sp³-hybridized carbons (Fsp3) is 0. The Hall–Kier alpha value is -1.79. The van der Waals surface area contributed by atoms with Crippen LogP contribution in [-0.2, 0) is 19.5 Å². The third-order valence-corrected chi connectivity index (χ3v) is 1.92. The largest absolute Gasteiger partial charge is 0.437 e. The van der Waals surface area contributed by atoms with E-state index in [2.05, 4.69) is 11.2 Å². The Morgan fingerprint density at radius 1 is 1.31 bits per heavy atom. The van der Waals surface area contributed by atoms with Crippen LogP contribution < -0.4 is 5.56 Å². The second-order valence-electron chi connectivity index (χ2n) is 2.84. The summed E-state index contributed by atoms with van der Waals surface area (Å²) in [6.45, 7) is 0. The molecule has 2 rings (SSSR count). The summed E-state index contributed by atoms with van der Waals surface area (Å²) >= 11 is 0. The zero-order valence-electron chi connectivity index (χ0n) is 8.05. The zero-order valence-corrected chi connectivity index (χ0v) is 9.69. The Kier molecular flexibility index (Phi) is 4.10. The van der Waals surface area contributed by atoms with Gasteiger partial charge in [-0.05, 0) is 12.1 Å². The predicted octanol–water partition coefficient (Wildman–Crippen LogP) is 0.902. The van der Waals surface area contributed by atoms with E-state index in [0.29, 0.717) is 5.69 Å². The van der Waals surface area contributed by atoms with Crippen molar-refractivity contribution in [2.45, 2.75) is 0 Å². The fourth-order valence-electron chi connectivity index (χ4n) is 1.22. The molecule has 1 radical (unpaired) electrons. The monoisotopic (exact) mass is 299 g/mol. The van der Waals surface area contributed by atoms with Crippen LogP contribution in [0.4, 0.5) is 0 Å². The quantitative estimate of drug-likeness (QED) is 0.581. The van der Waals surface area contributed by atoms with E-state index in [0.717, 1.165) is 0 Å². The first-order chi connectivity index (χ1) is 7.33. The van der Waals surface area contributed by atoms with E-state index in [9.17, 15) is 4.79 Å². The average molecular weight is 299 g/mol. The molecule has 0 saturated carbocycles. The summed E-state index contributed by atoms with van der Waals surface area (Å²) in [6, 6.07) is 10.8. The van der Waals surface area contributed by atoms with Gasteiger partial charge in [0.1, 0.15) is 0 Å². The van der Waals surface area contributed by atoms with Crippen molar-refractivity contribution in [2.24, 2.45) is 0 Å². The van der Waals surface area contributed by atoms with E-state index < -0.39 is 5.56 Å². The minimum absolute atomic E-state index is 0. The molecule has 0 aliphatic rings. The minimum Gasteiger partial charge on any atom is -0.437 e. The van der Waals surface area contributed by atoms with Crippen molar-refractivity contribution in [2.75, 3.05) is 0 Å². The van der Waals surface area contributed by atoms with Crippen LogP contribution in [0.25, 0.3) is 5.69 Å². The molecule has 0 amide bonds. The summed E-state index contributed by atoms with van der Waals surface area (Å²) in [6.07, 6.45) is 3.93. The number of nitriles is 1. The van der Waals surface area contributed by atoms with Gasteiger partial charge in [0.25, 0.3) is 0 Å². The van der Waals surface area contributed by atoms with Crippen LogP contribution in [0, 0.1) is 17.5 Å². The van der Waals surface area contributed by atoms with Gasteiger partial charge in [0.05, 0.1) is 5.69 Å². The van der Waals surface area contributed by atoms with Crippen molar-refractivity contribution in [3.05, 3.63) is 58.8 Å². The summed E-state index contributed by atoms with van der Waals surface area (Å²) < 4.78 is 1.34. The Balaban J connectivity index is 0.00000128. The van der Waals surface area contributed by atoms with Gasteiger partial charge in [-0.2, -0.15) is 0 Å². The van der Waals surface area contributed by atoms with E-state index in [1.54, 1.807) is 18.2 Å². The van der Waals surface area contributed by atoms with Crippen molar-refractivity contribution in [1.82, 2.24) is 9.55 Å². The minimum atomic E-state index is -0.428. The van der Waals surface area contributed by atoms with Gasteiger partial charge in [0, 0.05) is 31.2 Å². The first-order valence-electron chi connectivity index (χ1n) is 4.28. The molecule has 81 valence electrons. The van der Waals surface area contributed by atoms with Gasteiger partial charge in [-0.25, -0.2) is 5.26 Å². The van der Waals surface area contributed by atoms with Crippen molar-refractivity contribution >= 4 is 0 Å². The maximum Gasteiger partial charge on any atom is 0.206 e. The second kappa shape index (κ2) is 5.34. The summed E-state index contributed by atoms with van der Waals surface area (Å²) in [5, 5.41) is 8.64. The Morgan fingerprint density at radius 3 is 2.62 bits per heavy atom. The molecular weight excluding hydrogens is 293 g/mol. The molecule has 1 aromatic heterocycles. The van der Waals surface area contributed by atoms with Gasteiger partial charge in [0.2, 0.25) is 5.56 Å². The molecule has 1 aromatic carbocycles. The molecule has 0 unspecified atom stereocenters. The molecule has 0 spiro atoms. The Morgan fingerprint density at radius 2 is 2.00 bits per heavy atom. The summed E-state index contributed by atoms with van der Waals surface area (Å²) in [5.74, 6) is 0. The van der Waals surface area contributed by atoms with E-state index >= 15 is 0 Å². The molecule has 4 nitrogen and oxygen atoms in total. The average Bonchev–Trinajstić information content (AvgIpc) is 2.30. The van der Waals surface area contributed by atoms with Crippen molar-refractivity contribution in [3.8, 4) is 11.8 Å². The van der Waals surface area contributed by atoms with Gasteiger partial charge in [0.15, 0.2) is 0 Å². The number of para-hydroxylation sites is 1. The van der Waals surface area contributed by atoms with Crippen LogP contribution >= 0.6 is 0 Å². The number of benzene rings is 1. The second-order valence-corrected chi connectivity index (χ2v) is 2.84. The van der Waals surface area contributed by atoms with Gasteiger partial charge in [-0.3, -0.25) is 4.79 Å². The van der Waals surface area contributed by atoms with Crippen LogP contribution in [0.15, 0.2) is 41.3 Å². The first-order valence-corrected chi connectivity index (χ1v) is 4.28. The molecule has 0 saturated heterocycles. The molecule has 0 aliphatic carbocycles. The number of rotatable bonds is 1. The van der Waals surface area contributed by atoms with Crippen molar-refractivity contribution in [3.63, 3.8) is 0 Å². The molecular formula is C11H6N3ORh-. The van der Waals surface area contributed by atoms with Gasteiger partial charge in [-0.1, -0.05) is 24.4 Å². The topological polar surface area (TPSA) is 58.7 Å². The third-order valence-electron chi connectivity index (χ3n) is 1.92. The molecule has 16 heavy (non-hydrogen) atoms. The predicted molar refractivity (Wildman–Crippen MR) is 53.4 cm³/mol. The first kappa shape index (κ1) is 12.3. The SMILES string of the molecule is N#Cc1n[c-]cn(-c2ccccc2)c1=O.[Rh]. The standard InChI is InChI=1S/C11H6N3O.Rh/c12-8-10-11(15)14(7-6-13-10)9-4-2-1-3-5-9;/h1-5,7H;/q-1;. The molecule has 0 aliphatic heterocycles. The molecule has 0 fully saturated rings. The molecule has 1 heterocycles. The molecule has 0 N–H and O–H groups in total. The Labute approximate surface area is 105 Å². The summed E-state index contributed by atoms with van der Waals surface area (Å²) in [7, 11) is 0. The number of hydrogen-bond acceptors (Lipinski definition) is 3. The van der Waals surface area contributed by atoms with Crippen LogP contribution in [0.3, 0.4) is 0 Å².